The number of esters is 1. The molecule has 20 heavy (non-hydrogen) atoms. The molecule has 2 N–H and O–H groups in total. The summed E-state index contributed by atoms with van der Waals surface area (Å²) in [6.07, 6.45) is 0.923. The molecule has 2 aromatic rings. The highest BCUT2D eigenvalue weighted by Crippen LogP contribution is 2.27. The van der Waals surface area contributed by atoms with Gasteiger partial charge < -0.3 is 10.5 Å². The van der Waals surface area contributed by atoms with E-state index >= 15 is 0 Å². The molecule has 0 aromatic heterocycles. The van der Waals surface area contributed by atoms with Crippen molar-refractivity contribution in [3.63, 3.8) is 0 Å². The lowest BCUT2D eigenvalue weighted by Gasteiger charge is -2.10. The summed E-state index contributed by atoms with van der Waals surface area (Å²) in [5.41, 5.74) is 11.7. The fourth-order valence-corrected chi connectivity index (χ4v) is 2.32. The van der Waals surface area contributed by atoms with Gasteiger partial charge in [0, 0.05) is 5.69 Å². The summed E-state index contributed by atoms with van der Waals surface area (Å²) >= 11 is 0. The van der Waals surface area contributed by atoms with Gasteiger partial charge in [-0.1, -0.05) is 25.1 Å². The summed E-state index contributed by atoms with van der Waals surface area (Å²) in [5, 5.41) is 0. The minimum absolute atomic E-state index is 0.319. The molecule has 0 saturated carbocycles. The Kier molecular flexibility index (Phi) is 4.08. The summed E-state index contributed by atoms with van der Waals surface area (Å²) in [6.45, 7) is 4.06. The summed E-state index contributed by atoms with van der Waals surface area (Å²) in [4.78, 5) is 11.5. The Morgan fingerprint density at radius 1 is 1.20 bits per heavy atom. The Balaban J connectivity index is 2.43. The molecule has 0 aliphatic rings. The second kappa shape index (κ2) is 5.78. The van der Waals surface area contributed by atoms with Gasteiger partial charge in [-0.05, 0) is 53.8 Å². The minimum Gasteiger partial charge on any atom is -0.465 e. The number of methoxy groups -OCH3 is 1. The molecule has 0 fully saturated rings. The Hall–Kier alpha value is -2.29. The van der Waals surface area contributed by atoms with E-state index in [4.69, 9.17) is 10.5 Å². The molecular weight excluding hydrogens is 250 g/mol. The van der Waals surface area contributed by atoms with Gasteiger partial charge in [-0.15, -0.1) is 0 Å². The van der Waals surface area contributed by atoms with Crippen LogP contribution in [0.2, 0.25) is 0 Å². The third-order valence-electron chi connectivity index (χ3n) is 3.49. The van der Waals surface area contributed by atoms with Gasteiger partial charge in [-0.25, -0.2) is 4.79 Å². The molecule has 0 amide bonds. The quantitative estimate of drug-likeness (QED) is 0.684. The summed E-state index contributed by atoms with van der Waals surface area (Å²) in [7, 11) is 1.38. The van der Waals surface area contributed by atoms with Gasteiger partial charge in [0.25, 0.3) is 0 Å². The Morgan fingerprint density at radius 2 is 1.95 bits per heavy atom. The third-order valence-corrected chi connectivity index (χ3v) is 3.49. The van der Waals surface area contributed by atoms with E-state index in [1.54, 1.807) is 6.07 Å². The lowest BCUT2D eigenvalue weighted by molar-refractivity contribution is 0.0600. The normalized spacial score (nSPS) is 10.3. The maximum absolute atomic E-state index is 11.5. The lowest BCUT2D eigenvalue weighted by atomic mass is 9.96. The summed E-state index contributed by atoms with van der Waals surface area (Å²) in [5.74, 6) is -0.319. The molecule has 3 nitrogen and oxygen atoms in total. The zero-order valence-electron chi connectivity index (χ0n) is 12.1. The summed E-state index contributed by atoms with van der Waals surface area (Å²) < 4.78 is 4.73. The molecule has 0 aliphatic carbocycles. The highest BCUT2D eigenvalue weighted by molar-refractivity contribution is 5.90. The Labute approximate surface area is 119 Å². The maximum Gasteiger partial charge on any atom is 0.337 e. The smallest absolute Gasteiger partial charge is 0.337 e. The van der Waals surface area contributed by atoms with Crippen molar-refractivity contribution < 1.29 is 9.53 Å². The average molecular weight is 269 g/mol. The van der Waals surface area contributed by atoms with Gasteiger partial charge >= 0.3 is 5.97 Å². The van der Waals surface area contributed by atoms with Crippen molar-refractivity contribution in [1.29, 1.82) is 0 Å². The van der Waals surface area contributed by atoms with E-state index in [1.165, 1.54) is 7.11 Å². The van der Waals surface area contributed by atoms with Crippen LogP contribution in [-0.2, 0) is 11.2 Å². The van der Waals surface area contributed by atoms with Crippen LogP contribution < -0.4 is 5.73 Å². The number of hydrogen-bond acceptors (Lipinski definition) is 3. The van der Waals surface area contributed by atoms with Crippen molar-refractivity contribution in [2.24, 2.45) is 0 Å². The fourth-order valence-electron chi connectivity index (χ4n) is 2.32. The van der Waals surface area contributed by atoms with Crippen LogP contribution in [0.1, 0.15) is 28.4 Å². The zero-order valence-corrected chi connectivity index (χ0v) is 12.1. The first kappa shape index (κ1) is 14.1. The van der Waals surface area contributed by atoms with Crippen molar-refractivity contribution in [3.8, 4) is 11.1 Å². The largest absolute Gasteiger partial charge is 0.465 e. The zero-order chi connectivity index (χ0) is 14.7. The van der Waals surface area contributed by atoms with Crippen LogP contribution in [0.15, 0.2) is 36.4 Å². The topological polar surface area (TPSA) is 52.3 Å². The molecule has 0 radical (unpaired) electrons. The van der Waals surface area contributed by atoms with Crippen molar-refractivity contribution in [1.82, 2.24) is 0 Å². The van der Waals surface area contributed by atoms with Gasteiger partial charge in [0.15, 0.2) is 0 Å². The SMILES string of the molecule is CCc1ccc(-c2ccc(C(=O)OC)cc2C)cc1N. The first-order valence-electron chi connectivity index (χ1n) is 6.64. The monoisotopic (exact) mass is 269 g/mol. The van der Waals surface area contributed by atoms with E-state index in [1.807, 2.05) is 25.1 Å². The minimum atomic E-state index is -0.319. The van der Waals surface area contributed by atoms with Gasteiger partial charge in [-0.3, -0.25) is 0 Å². The van der Waals surface area contributed by atoms with E-state index in [9.17, 15) is 4.79 Å². The first-order chi connectivity index (χ1) is 9.56. The van der Waals surface area contributed by atoms with Crippen LogP contribution >= 0.6 is 0 Å². The van der Waals surface area contributed by atoms with Gasteiger partial charge in [0.2, 0.25) is 0 Å². The van der Waals surface area contributed by atoms with Crippen LogP contribution in [0, 0.1) is 6.92 Å². The van der Waals surface area contributed by atoms with Crippen molar-refractivity contribution in [2.45, 2.75) is 20.3 Å². The third kappa shape index (κ3) is 2.67. The number of rotatable bonds is 3. The average Bonchev–Trinajstić information content (AvgIpc) is 2.46. The first-order valence-corrected chi connectivity index (χ1v) is 6.64. The molecule has 0 bridgehead atoms. The van der Waals surface area contributed by atoms with E-state index in [0.717, 1.165) is 34.4 Å². The van der Waals surface area contributed by atoms with Gasteiger partial charge in [-0.2, -0.15) is 0 Å². The Bertz CT molecular complexity index is 647. The van der Waals surface area contributed by atoms with Crippen LogP contribution in [0.5, 0.6) is 0 Å². The van der Waals surface area contributed by atoms with Crippen LogP contribution in [0.3, 0.4) is 0 Å². The second-order valence-electron chi connectivity index (χ2n) is 4.79. The summed E-state index contributed by atoms with van der Waals surface area (Å²) in [6, 6.07) is 11.7. The number of aryl methyl sites for hydroxylation is 2. The number of anilines is 1. The van der Waals surface area contributed by atoms with Crippen molar-refractivity contribution >= 4 is 11.7 Å². The van der Waals surface area contributed by atoms with E-state index in [-0.39, 0.29) is 5.97 Å². The number of hydrogen-bond donors (Lipinski definition) is 1. The molecule has 2 aromatic carbocycles. The molecule has 2 rings (SSSR count). The standard InChI is InChI=1S/C17H19NO2/c1-4-12-5-6-13(10-16(12)18)15-8-7-14(9-11(15)2)17(19)20-3/h5-10H,4,18H2,1-3H3. The van der Waals surface area contributed by atoms with Crippen LogP contribution in [-0.4, -0.2) is 13.1 Å². The molecule has 0 spiro atoms. The predicted molar refractivity (Wildman–Crippen MR) is 81.7 cm³/mol. The number of carbonyl (C=O) groups is 1. The fraction of sp³-hybridized carbons (Fsp3) is 0.235. The van der Waals surface area contributed by atoms with E-state index < -0.39 is 0 Å². The predicted octanol–water partition coefficient (Wildman–Crippen LogP) is 3.59. The molecule has 0 heterocycles. The van der Waals surface area contributed by atoms with Crippen molar-refractivity contribution in [3.05, 3.63) is 53.1 Å². The lowest BCUT2D eigenvalue weighted by Crippen LogP contribution is -2.01. The Morgan fingerprint density at radius 3 is 2.50 bits per heavy atom. The number of carbonyl (C=O) groups excluding carboxylic acids is 1. The highest BCUT2D eigenvalue weighted by atomic mass is 16.5. The number of nitrogen functional groups attached to an aromatic ring is 1. The molecule has 0 atom stereocenters. The number of ether oxygens (including phenoxy) is 1. The number of benzene rings is 2. The highest BCUT2D eigenvalue weighted by Gasteiger charge is 2.09. The molecule has 104 valence electrons. The van der Waals surface area contributed by atoms with E-state index in [2.05, 4.69) is 19.1 Å². The molecule has 0 unspecified atom stereocenters. The number of nitrogens with two attached hydrogens (primary N) is 1. The van der Waals surface area contributed by atoms with Crippen molar-refractivity contribution in [2.75, 3.05) is 12.8 Å². The molecular formula is C17H19NO2. The van der Waals surface area contributed by atoms with Gasteiger partial charge in [0.05, 0.1) is 12.7 Å². The van der Waals surface area contributed by atoms with Crippen LogP contribution in [0.25, 0.3) is 11.1 Å². The van der Waals surface area contributed by atoms with E-state index in [0.29, 0.717) is 5.56 Å². The molecule has 3 heteroatoms. The maximum atomic E-state index is 11.5. The molecule has 0 saturated heterocycles. The molecule has 0 aliphatic heterocycles. The van der Waals surface area contributed by atoms with Crippen LogP contribution in [0.4, 0.5) is 5.69 Å². The second-order valence-corrected chi connectivity index (χ2v) is 4.79. The van der Waals surface area contributed by atoms with Gasteiger partial charge in [0.1, 0.15) is 0 Å².